The smallest absolute Gasteiger partial charge is 0.194 e. The molecule has 104 valence electrons. The summed E-state index contributed by atoms with van der Waals surface area (Å²) in [6.07, 6.45) is -1.88. The first kappa shape index (κ1) is 14.4. The number of ether oxygens (including phenoxy) is 1. The summed E-state index contributed by atoms with van der Waals surface area (Å²) in [6, 6.07) is 16.3. The second-order valence-corrected chi connectivity index (χ2v) is 4.74. The molecule has 0 spiro atoms. The summed E-state index contributed by atoms with van der Waals surface area (Å²) in [7, 11) is 1.49. The number of aliphatic hydroxyl groups excluding tert-OH is 1. The molecule has 3 nitrogen and oxygen atoms in total. The van der Waals surface area contributed by atoms with Gasteiger partial charge in [0.2, 0.25) is 0 Å². The third-order valence-electron chi connectivity index (χ3n) is 3.27. The SMILES string of the molecule is CO[C@H](c1ccc(C)cc1)[C@@H](O)C(=O)c1ccccc1. The molecule has 1 N–H and O–H groups in total. The van der Waals surface area contributed by atoms with Crippen LogP contribution in [0.5, 0.6) is 0 Å². The molecule has 3 heteroatoms. The van der Waals surface area contributed by atoms with Gasteiger partial charge in [0.25, 0.3) is 0 Å². The second kappa shape index (κ2) is 6.46. The predicted molar refractivity (Wildman–Crippen MR) is 77.7 cm³/mol. The Morgan fingerprint density at radius 3 is 2.20 bits per heavy atom. The van der Waals surface area contributed by atoms with E-state index in [0.717, 1.165) is 11.1 Å². The van der Waals surface area contributed by atoms with E-state index >= 15 is 0 Å². The quantitative estimate of drug-likeness (QED) is 0.850. The fraction of sp³-hybridized carbons (Fsp3) is 0.235. The minimum Gasteiger partial charge on any atom is -0.382 e. The van der Waals surface area contributed by atoms with Crippen LogP contribution in [0.25, 0.3) is 0 Å². The van der Waals surface area contributed by atoms with Gasteiger partial charge in [-0.3, -0.25) is 4.79 Å². The number of carbonyl (C=O) groups excluding carboxylic acids is 1. The van der Waals surface area contributed by atoms with E-state index in [1.165, 1.54) is 7.11 Å². The van der Waals surface area contributed by atoms with Gasteiger partial charge in [-0.25, -0.2) is 0 Å². The third kappa shape index (κ3) is 3.13. The Kier molecular flexibility index (Phi) is 4.66. The van der Waals surface area contributed by atoms with Gasteiger partial charge in [-0.1, -0.05) is 60.2 Å². The van der Waals surface area contributed by atoms with Crippen LogP contribution in [0.4, 0.5) is 0 Å². The summed E-state index contributed by atoms with van der Waals surface area (Å²) in [5.41, 5.74) is 2.39. The van der Waals surface area contributed by atoms with Crippen molar-refractivity contribution in [2.75, 3.05) is 7.11 Å². The topological polar surface area (TPSA) is 46.5 Å². The van der Waals surface area contributed by atoms with Crippen LogP contribution in [0.3, 0.4) is 0 Å². The number of carbonyl (C=O) groups is 1. The lowest BCUT2D eigenvalue weighted by molar-refractivity contribution is -0.00431. The van der Waals surface area contributed by atoms with Crippen molar-refractivity contribution in [2.45, 2.75) is 19.1 Å². The maximum absolute atomic E-state index is 12.3. The molecule has 0 bridgehead atoms. The number of hydrogen-bond acceptors (Lipinski definition) is 3. The van der Waals surface area contributed by atoms with Gasteiger partial charge in [0.1, 0.15) is 12.2 Å². The highest BCUT2D eigenvalue weighted by molar-refractivity contribution is 5.99. The van der Waals surface area contributed by atoms with Gasteiger partial charge >= 0.3 is 0 Å². The zero-order chi connectivity index (χ0) is 14.5. The fourth-order valence-electron chi connectivity index (χ4n) is 2.11. The molecule has 0 heterocycles. The standard InChI is InChI=1S/C17H18O3/c1-12-8-10-14(11-9-12)17(20-2)16(19)15(18)13-6-4-3-5-7-13/h3-11,16-17,19H,1-2H3/t16-,17+/m0/s1. The fourth-order valence-corrected chi connectivity index (χ4v) is 2.11. The van der Waals surface area contributed by atoms with E-state index in [-0.39, 0.29) is 5.78 Å². The van der Waals surface area contributed by atoms with Gasteiger partial charge in [0, 0.05) is 12.7 Å². The summed E-state index contributed by atoms with van der Waals surface area (Å²) in [5.74, 6) is -0.335. The largest absolute Gasteiger partial charge is 0.382 e. The predicted octanol–water partition coefficient (Wildman–Crippen LogP) is 2.93. The number of methoxy groups -OCH3 is 1. The number of aryl methyl sites for hydroxylation is 1. The van der Waals surface area contributed by atoms with Gasteiger partial charge in [0.15, 0.2) is 5.78 Å². The van der Waals surface area contributed by atoms with E-state index in [2.05, 4.69) is 0 Å². The molecule has 2 rings (SSSR count). The first-order chi connectivity index (χ1) is 9.63. The molecular formula is C17H18O3. The van der Waals surface area contributed by atoms with Gasteiger partial charge in [-0.2, -0.15) is 0 Å². The van der Waals surface area contributed by atoms with Crippen molar-refractivity contribution in [1.29, 1.82) is 0 Å². The molecule has 0 saturated heterocycles. The third-order valence-corrected chi connectivity index (χ3v) is 3.27. The molecule has 2 atom stereocenters. The van der Waals surface area contributed by atoms with Crippen LogP contribution in [0.2, 0.25) is 0 Å². The maximum atomic E-state index is 12.3. The van der Waals surface area contributed by atoms with Crippen LogP contribution in [0, 0.1) is 6.92 Å². The Morgan fingerprint density at radius 1 is 1.05 bits per heavy atom. The zero-order valence-corrected chi connectivity index (χ0v) is 11.6. The van der Waals surface area contributed by atoms with Gasteiger partial charge < -0.3 is 9.84 Å². The molecule has 0 unspecified atom stereocenters. The van der Waals surface area contributed by atoms with E-state index in [0.29, 0.717) is 5.56 Å². The van der Waals surface area contributed by atoms with E-state index in [4.69, 9.17) is 4.74 Å². The molecule has 0 radical (unpaired) electrons. The second-order valence-electron chi connectivity index (χ2n) is 4.74. The summed E-state index contributed by atoms with van der Waals surface area (Å²) < 4.78 is 5.31. The van der Waals surface area contributed by atoms with Crippen molar-refractivity contribution in [1.82, 2.24) is 0 Å². The monoisotopic (exact) mass is 270 g/mol. The van der Waals surface area contributed by atoms with Crippen molar-refractivity contribution < 1.29 is 14.6 Å². The molecule has 0 fully saturated rings. The van der Waals surface area contributed by atoms with Gasteiger partial charge in [-0.05, 0) is 12.5 Å². The van der Waals surface area contributed by atoms with E-state index in [1.807, 2.05) is 37.3 Å². The minimum absolute atomic E-state index is 0.335. The number of hydrogen-bond donors (Lipinski definition) is 1. The summed E-state index contributed by atoms with van der Waals surface area (Å²) in [5, 5.41) is 10.3. The Labute approximate surface area is 118 Å². The molecule has 2 aromatic carbocycles. The number of rotatable bonds is 5. The Hall–Kier alpha value is -1.97. The van der Waals surface area contributed by atoms with E-state index < -0.39 is 12.2 Å². The van der Waals surface area contributed by atoms with Crippen molar-refractivity contribution in [3.63, 3.8) is 0 Å². The van der Waals surface area contributed by atoms with Gasteiger partial charge in [-0.15, -0.1) is 0 Å². The highest BCUT2D eigenvalue weighted by atomic mass is 16.5. The van der Waals surface area contributed by atoms with Crippen molar-refractivity contribution in [2.24, 2.45) is 0 Å². The molecule has 0 aliphatic heterocycles. The van der Waals surface area contributed by atoms with Gasteiger partial charge in [0.05, 0.1) is 0 Å². The Bertz CT molecular complexity index is 561. The lowest BCUT2D eigenvalue weighted by Crippen LogP contribution is -2.29. The lowest BCUT2D eigenvalue weighted by atomic mass is 9.96. The number of Topliss-reactive ketones (excluding diaryl/α,β-unsaturated/α-hetero) is 1. The summed E-state index contributed by atoms with van der Waals surface area (Å²) in [6.45, 7) is 1.98. The molecule has 20 heavy (non-hydrogen) atoms. The first-order valence-corrected chi connectivity index (χ1v) is 6.50. The summed E-state index contributed by atoms with van der Waals surface area (Å²) >= 11 is 0. The molecule has 0 aliphatic rings. The first-order valence-electron chi connectivity index (χ1n) is 6.50. The molecule has 0 saturated carbocycles. The molecule has 0 amide bonds. The number of aliphatic hydroxyl groups is 1. The Morgan fingerprint density at radius 2 is 1.65 bits per heavy atom. The van der Waals surface area contributed by atoms with Crippen LogP contribution < -0.4 is 0 Å². The Balaban J connectivity index is 2.23. The summed E-state index contributed by atoms with van der Waals surface area (Å²) in [4.78, 5) is 12.3. The van der Waals surface area contributed by atoms with Crippen LogP contribution in [-0.4, -0.2) is 24.1 Å². The number of ketones is 1. The van der Waals surface area contributed by atoms with Crippen LogP contribution in [0.1, 0.15) is 27.6 Å². The highest BCUT2D eigenvalue weighted by Crippen LogP contribution is 2.23. The highest BCUT2D eigenvalue weighted by Gasteiger charge is 2.28. The van der Waals surface area contributed by atoms with Crippen LogP contribution in [0.15, 0.2) is 54.6 Å². The lowest BCUT2D eigenvalue weighted by Gasteiger charge is -2.21. The molecule has 2 aromatic rings. The zero-order valence-electron chi connectivity index (χ0n) is 11.6. The average Bonchev–Trinajstić information content (AvgIpc) is 2.50. The van der Waals surface area contributed by atoms with Crippen molar-refractivity contribution in [3.05, 3.63) is 71.3 Å². The molecule has 0 aliphatic carbocycles. The van der Waals surface area contributed by atoms with E-state index in [9.17, 15) is 9.90 Å². The van der Waals surface area contributed by atoms with Crippen LogP contribution >= 0.6 is 0 Å². The number of benzene rings is 2. The van der Waals surface area contributed by atoms with Crippen LogP contribution in [-0.2, 0) is 4.74 Å². The normalized spacial score (nSPS) is 13.8. The van der Waals surface area contributed by atoms with Crippen molar-refractivity contribution >= 4 is 5.78 Å². The molecular weight excluding hydrogens is 252 g/mol. The maximum Gasteiger partial charge on any atom is 0.194 e. The van der Waals surface area contributed by atoms with E-state index in [1.54, 1.807) is 24.3 Å². The average molecular weight is 270 g/mol. The van der Waals surface area contributed by atoms with Crippen molar-refractivity contribution in [3.8, 4) is 0 Å². The minimum atomic E-state index is -1.22. The molecule has 0 aromatic heterocycles.